The van der Waals surface area contributed by atoms with E-state index in [2.05, 4.69) is 4.98 Å². The monoisotopic (exact) mass is 525 g/mol. The van der Waals surface area contributed by atoms with Gasteiger partial charge in [-0.15, -0.1) is 0 Å². The van der Waals surface area contributed by atoms with Crippen LogP contribution in [0.15, 0.2) is 39.8 Å². The van der Waals surface area contributed by atoms with Crippen molar-refractivity contribution in [2.24, 2.45) is 28.6 Å². The first-order valence-electron chi connectivity index (χ1n) is 13.5. The SMILES string of the molecule is C[C@]12CC[C@H](O)[C@@](C)(COC(=O)C3CC3)[C@@H]1C[C@H](O)[C@@]1(C)Oc3cc(-c4cccnc4)oc(=O)c3[C@H](O)[C@H]21. The number of rotatable bonds is 4. The van der Waals surface area contributed by atoms with Crippen molar-refractivity contribution in [3.63, 3.8) is 0 Å². The number of carbonyl (C=O) groups is 1. The normalized spacial score (nSPS) is 39.8. The van der Waals surface area contributed by atoms with E-state index < -0.39 is 46.3 Å². The minimum Gasteiger partial charge on any atom is -0.484 e. The van der Waals surface area contributed by atoms with Gasteiger partial charge in [0.2, 0.25) is 0 Å². The van der Waals surface area contributed by atoms with Gasteiger partial charge in [0, 0.05) is 35.4 Å². The van der Waals surface area contributed by atoms with Crippen LogP contribution in [-0.4, -0.2) is 50.7 Å². The van der Waals surface area contributed by atoms with Crippen LogP contribution in [0.5, 0.6) is 5.75 Å². The maximum Gasteiger partial charge on any atom is 0.345 e. The molecule has 9 heteroatoms. The predicted molar refractivity (Wildman–Crippen MR) is 135 cm³/mol. The molecule has 0 radical (unpaired) electrons. The van der Waals surface area contributed by atoms with Gasteiger partial charge in [-0.3, -0.25) is 9.78 Å². The molecule has 0 spiro atoms. The van der Waals surface area contributed by atoms with E-state index >= 15 is 0 Å². The lowest BCUT2D eigenvalue weighted by Gasteiger charge is -2.66. The largest absolute Gasteiger partial charge is 0.484 e. The first-order chi connectivity index (χ1) is 18.0. The molecule has 3 N–H and O–H groups in total. The second kappa shape index (κ2) is 8.63. The molecule has 3 heterocycles. The molecule has 0 unspecified atom stereocenters. The fourth-order valence-corrected chi connectivity index (χ4v) is 7.72. The highest BCUT2D eigenvalue weighted by atomic mass is 16.5. The first kappa shape index (κ1) is 25.5. The van der Waals surface area contributed by atoms with Crippen molar-refractivity contribution in [1.82, 2.24) is 4.98 Å². The zero-order valence-electron chi connectivity index (χ0n) is 21.9. The summed E-state index contributed by atoms with van der Waals surface area (Å²) < 4.78 is 17.7. The van der Waals surface area contributed by atoms with Crippen molar-refractivity contribution in [2.75, 3.05) is 6.61 Å². The van der Waals surface area contributed by atoms with Crippen LogP contribution in [0.25, 0.3) is 11.3 Å². The van der Waals surface area contributed by atoms with Crippen LogP contribution < -0.4 is 10.4 Å². The van der Waals surface area contributed by atoms with Crippen molar-refractivity contribution < 1.29 is 34.0 Å². The Balaban J connectivity index is 1.40. The minimum atomic E-state index is -1.26. The van der Waals surface area contributed by atoms with Crippen LogP contribution in [0, 0.1) is 28.6 Å². The lowest BCUT2D eigenvalue weighted by molar-refractivity contribution is -0.265. The highest BCUT2D eigenvalue weighted by Gasteiger charge is 2.69. The second-order valence-electron chi connectivity index (χ2n) is 12.4. The quantitative estimate of drug-likeness (QED) is 0.514. The van der Waals surface area contributed by atoms with Gasteiger partial charge >= 0.3 is 11.6 Å². The van der Waals surface area contributed by atoms with Crippen LogP contribution >= 0.6 is 0 Å². The van der Waals surface area contributed by atoms with Crippen LogP contribution in [-0.2, 0) is 9.53 Å². The number of aliphatic hydroxyl groups excluding tert-OH is 3. The molecule has 3 saturated carbocycles. The molecule has 9 nitrogen and oxygen atoms in total. The molecule has 38 heavy (non-hydrogen) atoms. The molecule has 0 bridgehead atoms. The Morgan fingerprint density at radius 3 is 2.61 bits per heavy atom. The van der Waals surface area contributed by atoms with Crippen LogP contribution in [0.1, 0.15) is 64.5 Å². The predicted octanol–water partition coefficient (Wildman–Crippen LogP) is 3.00. The molecule has 1 aliphatic heterocycles. The zero-order chi connectivity index (χ0) is 27.0. The summed E-state index contributed by atoms with van der Waals surface area (Å²) in [5.74, 6) is -0.842. The van der Waals surface area contributed by atoms with Gasteiger partial charge in [0.05, 0.1) is 30.8 Å². The van der Waals surface area contributed by atoms with Crippen LogP contribution in [0.2, 0.25) is 0 Å². The number of esters is 1. The maximum atomic E-state index is 13.2. The molecule has 0 aromatic carbocycles. The van der Waals surface area contributed by atoms with Crippen molar-refractivity contribution in [3.05, 3.63) is 46.6 Å². The molecule has 0 saturated heterocycles. The van der Waals surface area contributed by atoms with Gasteiger partial charge in [0.25, 0.3) is 0 Å². The molecule has 4 aliphatic rings. The van der Waals surface area contributed by atoms with Crippen molar-refractivity contribution >= 4 is 5.97 Å². The first-order valence-corrected chi connectivity index (χ1v) is 13.5. The van der Waals surface area contributed by atoms with Gasteiger partial charge in [-0.25, -0.2) is 4.79 Å². The number of hydrogen-bond donors (Lipinski definition) is 3. The molecular formula is C29H35NO8. The van der Waals surface area contributed by atoms with E-state index in [1.54, 1.807) is 37.5 Å². The average Bonchev–Trinajstić information content (AvgIpc) is 3.73. The lowest BCUT2D eigenvalue weighted by Crippen LogP contribution is -2.70. The molecule has 3 aliphatic carbocycles. The van der Waals surface area contributed by atoms with E-state index in [-0.39, 0.29) is 47.9 Å². The maximum absolute atomic E-state index is 13.2. The third-order valence-electron chi connectivity index (χ3n) is 10.0. The van der Waals surface area contributed by atoms with E-state index in [0.29, 0.717) is 18.4 Å². The highest BCUT2D eigenvalue weighted by molar-refractivity contribution is 5.74. The smallest absolute Gasteiger partial charge is 0.345 e. The lowest BCUT2D eigenvalue weighted by atomic mass is 9.42. The molecule has 0 amide bonds. The number of hydrogen-bond acceptors (Lipinski definition) is 9. The number of nitrogens with zero attached hydrogens (tertiary/aromatic N) is 1. The Labute approximate surface area is 220 Å². The standard InChI is InChI=1S/C29H35NO8/c1-27-9-8-20(31)28(2,14-36-25(34)15-6-7-15)19(27)12-21(32)29(3)24(27)23(33)22-18(38-29)11-17(37-26(22)35)16-5-4-10-30-13-16/h4-5,10-11,13,15,19-21,23-24,31-33H,6-9,12,14H2,1-3H3/t19-,20+,21+,23+,24-,27+,28+,29-/m1/s1. The summed E-state index contributed by atoms with van der Waals surface area (Å²) in [6.45, 7) is 5.74. The van der Waals surface area contributed by atoms with Crippen molar-refractivity contribution in [3.8, 4) is 17.1 Å². The molecule has 3 fully saturated rings. The average molecular weight is 526 g/mol. The minimum absolute atomic E-state index is 0.0298. The fourth-order valence-electron chi connectivity index (χ4n) is 7.72. The summed E-state index contributed by atoms with van der Waals surface area (Å²) in [5.41, 5.74) is -2.76. The third-order valence-corrected chi connectivity index (χ3v) is 10.0. The molecular weight excluding hydrogens is 490 g/mol. The molecule has 204 valence electrons. The van der Waals surface area contributed by atoms with E-state index in [1.807, 2.05) is 13.8 Å². The number of pyridine rings is 1. The molecule has 2 aromatic heterocycles. The number of carbonyl (C=O) groups excluding carboxylic acids is 1. The Morgan fingerprint density at radius 2 is 1.92 bits per heavy atom. The Hall–Kier alpha value is -2.75. The summed E-state index contributed by atoms with van der Waals surface area (Å²) in [6, 6.07) is 5.06. The zero-order valence-corrected chi connectivity index (χ0v) is 21.9. The summed E-state index contributed by atoms with van der Waals surface area (Å²) in [6.07, 6.45) is 3.09. The third kappa shape index (κ3) is 3.66. The van der Waals surface area contributed by atoms with Gasteiger partial charge in [-0.2, -0.15) is 0 Å². The highest BCUT2D eigenvalue weighted by Crippen LogP contribution is 2.66. The van der Waals surface area contributed by atoms with E-state index in [9.17, 15) is 24.9 Å². The van der Waals surface area contributed by atoms with Crippen LogP contribution in [0.3, 0.4) is 0 Å². The topological polar surface area (TPSA) is 139 Å². The van der Waals surface area contributed by atoms with Gasteiger partial charge in [-0.1, -0.05) is 13.8 Å². The van der Waals surface area contributed by atoms with Crippen molar-refractivity contribution in [1.29, 1.82) is 0 Å². The van der Waals surface area contributed by atoms with Gasteiger partial charge in [0.15, 0.2) is 0 Å². The molecule has 2 aromatic rings. The number of aromatic nitrogens is 1. The van der Waals surface area contributed by atoms with Gasteiger partial charge < -0.3 is 29.2 Å². The number of aliphatic hydroxyl groups is 3. The summed E-state index contributed by atoms with van der Waals surface area (Å²) in [5, 5.41) is 34.5. The molecule has 8 atom stereocenters. The Kier molecular flexibility index (Phi) is 5.79. The fraction of sp³-hybridized carbons (Fsp3) is 0.621. The van der Waals surface area contributed by atoms with E-state index in [1.165, 1.54) is 0 Å². The summed E-state index contributed by atoms with van der Waals surface area (Å²) >= 11 is 0. The van der Waals surface area contributed by atoms with Gasteiger partial charge in [-0.05, 0) is 62.5 Å². The number of ether oxygens (including phenoxy) is 2. The van der Waals surface area contributed by atoms with Crippen molar-refractivity contribution in [2.45, 2.75) is 76.8 Å². The Bertz CT molecular complexity index is 1310. The Morgan fingerprint density at radius 1 is 1.16 bits per heavy atom. The van der Waals surface area contributed by atoms with E-state index in [0.717, 1.165) is 12.8 Å². The van der Waals surface area contributed by atoms with Crippen LogP contribution in [0.4, 0.5) is 0 Å². The molecule has 6 rings (SSSR count). The second-order valence-corrected chi connectivity index (χ2v) is 12.4. The van der Waals surface area contributed by atoms with Gasteiger partial charge in [0.1, 0.15) is 22.7 Å². The van der Waals surface area contributed by atoms with E-state index in [4.69, 9.17) is 13.9 Å². The summed E-state index contributed by atoms with van der Waals surface area (Å²) in [4.78, 5) is 29.7. The number of fused-ring (bicyclic) bond motifs is 4. The summed E-state index contributed by atoms with van der Waals surface area (Å²) in [7, 11) is 0.